The van der Waals surface area contributed by atoms with Gasteiger partial charge in [-0.25, -0.2) is 0 Å². The van der Waals surface area contributed by atoms with Crippen molar-refractivity contribution in [1.82, 2.24) is 5.32 Å². The molecule has 1 saturated heterocycles. The normalized spacial score (nSPS) is 31.0. The third-order valence-electron chi connectivity index (χ3n) is 4.70. The van der Waals surface area contributed by atoms with Gasteiger partial charge in [-0.1, -0.05) is 19.3 Å². The molecule has 2 aliphatic carbocycles. The van der Waals surface area contributed by atoms with E-state index in [4.69, 9.17) is 15.2 Å². The highest BCUT2D eigenvalue weighted by Crippen LogP contribution is 2.37. The van der Waals surface area contributed by atoms with Gasteiger partial charge in [-0.05, 0) is 25.7 Å². The molecule has 0 aromatic rings. The number of nitrogens with one attached hydrogen (secondary N) is 1. The van der Waals surface area contributed by atoms with Crippen LogP contribution in [-0.2, 0) is 9.47 Å². The Kier molecular flexibility index (Phi) is 4.46. The Labute approximate surface area is 121 Å². The quantitative estimate of drug-likeness (QED) is 0.612. The minimum absolute atomic E-state index is 0.0667. The van der Waals surface area contributed by atoms with Crippen molar-refractivity contribution >= 4 is 5.96 Å². The van der Waals surface area contributed by atoms with Crippen LogP contribution in [0.2, 0.25) is 0 Å². The molecule has 5 heteroatoms. The summed E-state index contributed by atoms with van der Waals surface area (Å²) < 4.78 is 12.0. The number of hydrogen-bond donors (Lipinski definition) is 2. The second kappa shape index (κ2) is 6.31. The Bertz CT molecular complexity index is 347. The Morgan fingerprint density at radius 3 is 2.65 bits per heavy atom. The fraction of sp³-hybridized carbons (Fsp3) is 0.933. The fourth-order valence-corrected chi connectivity index (χ4v) is 3.58. The SMILES string of the molecule is NC(=NCC1COC2(CCCCC2)O1)NC1CCCC1. The van der Waals surface area contributed by atoms with Crippen LogP contribution >= 0.6 is 0 Å². The summed E-state index contributed by atoms with van der Waals surface area (Å²) in [6.07, 6.45) is 10.9. The average molecular weight is 281 g/mol. The summed E-state index contributed by atoms with van der Waals surface area (Å²) in [6.45, 7) is 1.26. The number of rotatable bonds is 3. The highest BCUT2D eigenvalue weighted by molar-refractivity contribution is 5.78. The van der Waals surface area contributed by atoms with Crippen molar-refractivity contribution < 1.29 is 9.47 Å². The van der Waals surface area contributed by atoms with E-state index >= 15 is 0 Å². The second-order valence-corrected chi connectivity index (χ2v) is 6.37. The zero-order chi connectivity index (χ0) is 13.8. The number of nitrogens with zero attached hydrogens (tertiary/aromatic N) is 1. The molecular formula is C15H27N3O2. The summed E-state index contributed by atoms with van der Waals surface area (Å²) in [5.41, 5.74) is 5.94. The number of guanidine groups is 1. The summed E-state index contributed by atoms with van der Waals surface area (Å²) in [5, 5.41) is 3.31. The van der Waals surface area contributed by atoms with Crippen LogP contribution in [0, 0.1) is 0 Å². The molecular weight excluding hydrogens is 254 g/mol. The molecule has 1 spiro atoms. The topological polar surface area (TPSA) is 68.9 Å². The van der Waals surface area contributed by atoms with Crippen LogP contribution in [-0.4, -0.2) is 37.0 Å². The molecule has 0 radical (unpaired) electrons. The zero-order valence-electron chi connectivity index (χ0n) is 12.3. The first-order chi connectivity index (χ1) is 9.76. The van der Waals surface area contributed by atoms with E-state index in [0.717, 1.165) is 12.8 Å². The number of nitrogens with two attached hydrogens (primary N) is 1. The van der Waals surface area contributed by atoms with Gasteiger partial charge in [0.2, 0.25) is 0 Å². The summed E-state index contributed by atoms with van der Waals surface area (Å²) in [6, 6.07) is 0.518. The van der Waals surface area contributed by atoms with Crippen molar-refractivity contribution in [2.45, 2.75) is 75.7 Å². The van der Waals surface area contributed by atoms with Crippen LogP contribution < -0.4 is 11.1 Å². The van der Waals surface area contributed by atoms with E-state index in [1.165, 1.54) is 44.9 Å². The largest absolute Gasteiger partial charge is 0.370 e. The molecule has 0 bridgehead atoms. The molecule has 1 unspecified atom stereocenters. The van der Waals surface area contributed by atoms with Crippen LogP contribution in [0.3, 0.4) is 0 Å². The first kappa shape index (κ1) is 14.1. The molecule has 20 heavy (non-hydrogen) atoms. The van der Waals surface area contributed by atoms with Crippen molar-refractivity contribution in [2.24, 2.45) is 10.7 Å². The van der Waals surface area contributed by atoms with Gasteiger partial charge < -0.3 is 20.5 Å². The van der Waals surface area contributed by atoms with Crippen molar-refractivity contribution in [3.8, 4) is 0 Å². The van der Waals surface area contributed by atoms with Crippen molar-refractivity contribution in [1.29, 1.82) is 0 Å². The van der Waals surface area contributed by atoms with Gasteiger partial charge in [-0.2, -0.15) is 0 Å². The predicted molar refractivity (Wildman–Crippen MR) is 78.5 cm³/mol. The van der Waals surface area contributed by atoms with Crippen LogP contribution in [0.25, 0.3) is 0 Å². The van der Waals surface area contributed by atoms with Crippen molar-refractivity contribution in [3.05, 3.63) is 0 Å². The zero-order valence-corrected chi connectivity index (χ0v) is 12.3. The number of ether oxygens (including phenoxy) is 2. The lowest BCUT2D eigenvalue weighted by molar-refractivity contribution is -0.186. The van der Waals surface area contributed by atoms with Gasteiger partial charge in [0, 0.05) is 18.9 Å². The summed E-state index contributed by atoms with van der Waals surface area (Å²) >= 11 is 0. The third kappa shape index (κ3) is 3.44. The van der Waals surface area contributed by atoms with Crippen LogP contribution in [0.5, 0.6) is 0 Å². The van der Waals surface area contributed by atoms with E-state index in [1.807, 2.05) is 0 Å². The van der Waals surface area contributed by atoms with Gasteiger partial charge in [0.1, 0.15) is 6.10 Å². The standard InChI is InChI=1S/C15H27N3O2/c16-14(18-12-6-2-3-7-12)17-10-13-11-19-15(20-13)8-4-1-5-9-15/h12-13H,1-11H2,(H3,16,17,18). The molecule has 114 valence electrons. The van der Waals surface area contributed by atoms with Crippen LogP contribution in [0.1, 0.15) is 57.8 Å². The van der Waals surface area contributed by atoms with E-state index in [0.29, 0.717) is 25.2 Å². The number of aliphatic imine (C=N–C) groups is 1. The minimum Gasteiger partial charge on any atom is -0.370 e. The van der Waals surface area contributed by atoms with Gasteiger partial charge in [0.25, 0.3) is 0 Å². The first-order valence-corrected chi connectivity index (χ1v) is 8.14. The highest BCUT2D eigenvalue weighted by atomic mass is 16.7. The first-order valence-electron chi connectivity index (χ1n) is 8.14. The van der Waals surface area contributed by atoms with E-state index in [-0.39, 0.29) is 11.9 Å². The lowest BCUT2D eigenvalue weighted by Crippen LogP contribution is -2.39. The van der Waals surface area contributed by atoms with Gasteiger partial charge in [0.05, 0.1) is 13.2 Å². The molecule has 3 aliphatic rings. The molecule has 1 atom stereocenters. The lowest BCUT2D eigenvalue weighted by atomic mass is 9.94. The summed E-state index contributed by atoms with van der Waals surface area (Å²) in [7, 11) is 0. The minimum atomic E-state index is -0.300. The Hall–Kier alpha value is -0.810. The maximum Gasteiger partial charge on any atom is 0.188 e. The molecule has 3 fully saturated rings. The molecule has 0 aromatic heterocycles. The molecule has 3 rings (SSSR count). The van der Waals surface area contributed by atoms with Crippen LogP contribution in [0.4, 0.5) is 0 Å². The monoisotopic (exact) mass is 281 g/mol. The average Bonchev–Trinajstić information content (AvgIpc) is 3.08. The van der Waals surface area contributed by atoms with E-state index < -0.39 is 0 Å². The number of hydrogen-bond acceptors (Lipinski definition) is 3. The van der Waals surface area contributed by atoms with Gasteiger partial charge in [-0.3, -0.25) is 4.99 Å². The fourth-order valence-electron chi connectivity index (χ4n) is 3.58. The molecule has 3 N–H and O–H groups in total. The van der Waals surface area contributed by atoms with E-state index in [9.17, 15) is 0 Å². The lowest BCUT2D eigenvalue weighted by Gasteiger charge is -2.31. The Balaban J connectivity index is 1.44. The molecule has 0 amide bonds. The third-order valence-corrected chi connectivity index (χ3v) is 4.70. The molecule has 5 nitrogen and oxygen atoms in total. The predicted octanol–water partition coefficient (Wildman–Crippen LogP) is 1.91. The highest BCUT2D eigenvalue weighted by Gasteiger charge is 2.42. The van der Waals surface area contributed by atoms with Gasteiger partial charge in [-0.15, -0.1) is 0 Å². The van der Waals surface area contributed by atoms with Gasteiger partial charge >= 0.3 is 0 Å². The van der Waals surface area contributed by atoms with Crippen molar-refractivity contribution in [2.75, 3.05) is 13.2 Å². The maximum atomic E-state index is 6.10. The van der Waals surface area contributed by atoms with E-state index in [2.05, 4.69) is 10.3 Å². The van der Waals surface area contributed by atoms with Gasteiger partial charge in [0.15, 0.2) is 11.7 Å². The Morgan fingerprint density at radius 1 is 1.15 bits per heavy atom. The van der Waals surface area contributed by atoms with Crippen molar-refractivity contribution in [3.63, 3.8) is 0 Å². The summed E-state index contributed by atoms with van der Waals surface area (Å²) in [5.74, 6) is 0.261. The second-order valence-electron chi connectivity index (χ2n) is 6.37. The molecule has 1 aliphatic heterocycles. The Morgan fingerprint density at radius 2 is 1.90 bits per heavy atom. The molecule has 2 saturated carbocycles. The molecule has 1 heterocycles. The maximum absolute atomic E-state index is 6.10. The van der Waals surface area contributed by atoms with E-state index in [1.54, 1.807) is 0 Å². The summed E-state index contributed by atoms with van der Waals surface area (Å²) in [4.78, 5) is 4.43. The smallest absolute Gasteiger partial charge is 0.188 e. The van der Waals surface area contributed by atoms with Crippen LogP contribution in [0.15, 0.2) is 4.99 Å². The molecule has 0 aromatic carbocycles.